The van der Waals surface area contributed by atoms with E-state index in [9.17, 15) is 19.1 Å². The number of Topliss-reactive ketones (excluding diaryl/α,β-unsaturated/α-hetero) is 1. The Hall–Kier alpha value is -2.65. The van der Waals surface area contributed by atoms with Gasteiger partial charge in [0.25, 0.3) is 0 Å². The highest BCUT2D eigenvalue weighted by atomic mass is 35.5. The SMILES string of the molecule is COC(=O)C1(Oc2cc(F)cc([C@]3(O)[C@H]4C[C@@H](OCC(C(=O)C5CC5)=C(N)c5c(Cl)cccc5Cl)C[C@@H]3[C@@H](C)C4)c2)CC1. The summed E-state index contributed by atoms with van der Waals surface area (Å²) in [7, 11) is 1.30. The van der Waals surface area contributed by atoms with E-state index in [1.165, 1.54) is 19.2 Å². The third kappa shape index (κ3) is 5.56. The first-order valence-electron chi connectivity index (χ1n) is 14.9. The van der Waals surface area contributed by atoms with Gasteiger partial charge < -0.3 is 25.1 Å². The molecule has 0 radical (unpaired) electrons. The van der Waals surface area contributed by atoms with Crippen LogP contribution in [-0.2, 0) is 24.7 Å². The molecule has 0 unspecified atom stereocenters. The molecule has 2 aromatic carbocycles. The van der Waals surface area contributed by atoms with Gasteiger partial charge in [0.2, 0.25) is 5.60 Å². The number of rotatable bonds is 10. The summed E-state index contributed by atoms with van der Waals surface area (Å²) in [6.45, 7) is 2.09. The van der Waals surface area contributed by atoms with Crippen molar-refractivity contribution in [1.82, 2.24) is 0 Å². The third-order valence-electron chi connectivity index (χ3n) is 9.77. The minimum absolute atomic E-state index is 0.00714. The second kappa shape index (κ2) is 11.4. The summed E-state index contributed by atoms with van der Waals surface area (Å²) in [5, 5.41) is 12.9. The highest BCUT2D eigenvalue weighted by molar-refractivity contribution is 6.37. The van der Waals surface area contributed by atoms with E-state index in [2.05, 4.69) is 6.92 Å². The summed E-state index contributed by atoms with van der Waals surface area (Å²) in [5.74, 6) is -1.26. The summed E-state index contributed by atoms with van der Waals surface area (Å²) >= 11 is 12.8. The van der Waals surface area contributed by atoms with Gasteiger partial charge in [0.1, 0.15) is 11.6 Å². The monoisotopic (exact) mass is 631 g/mol. The maximum absolute atomic E-state index is 14.9. The van der Waals surface area contributed by atoms with Crippen LogP contribution in [0.15, 0.2) is 42.0 Å². The van der Waals surface area contributed by atoms with Gasteiger partial charge in [0, 0.05) is 36.0 Å². The maximum Gasteiger partial charge on any atom is 0.350 e. The van der Waals surface area contributed by atoms with Gasteiger partial charge in [-0.1, -0.05) is 36.2 Å². The Morgan fingerprint density at radius 3 is 2.40 bits per heavy atom. The fourth-order valence-corrected chi connectivity index (χ4v) is 7.81. The smallest absolute Gasteiger partial charge is 0.350 e. The number of benzene rings is 2. The van der Waals surface area contributed by atoms with E-state index in [0.717, 1.165) is 19.3 Å². The van der Waals surface area contributed by atoms with Crippen molar-refractivity contribution in [1.29, 1.82) is 0 Å². The molecule has 10 heteroatoms. The molecule has 4 aliphatic rings. The van der Waals surface area contributed by atoms with Gasteiger partial charge >= 0.3 is 5.97 Å². The first-order chi connectivity index (χ1) is 20.5. The van der Waals surface area contributed by atoms with Crippen LogP contribution < -0.4 is 10.5 Å². The number of carbonyl (C=O) groups is 2. The number of hydrogen-bond acceptors (Lipinski definition) is 7. The molecule has 0 aliphatic heterocycles. The van der Waals surface area contributed by atoms with Crippen molar-refractivity contribution in [2.45, 2.75) is 69.2 Å². The van der Waals surface area contributed by atoms with E-state index < -0.39 is 23.0 Å². The van der Waals surface area contributed by atoms with Crippen molar-refractivity contribution < 1.29 is 33.3 Å². The Bertz CT molecular complexity index is 1470. The normalized spacial score (nSPS) is 29.5. The van der Waals surface area contributed by atoms with Crippen molar-refractivity contribution in [3.63, 3.8) is 0 Å². The molecular weight excluding hydrogens is 596 g/mol. The molecule has 4 fully saturated rings. The zero-order valence-electron chi connectivity index (χ0n) is 24.2. The number of fused-ring (bicyclic) bond motifs is 2. The molecule has 5 atom stereocenters. The number of ether oxygens (including phenoxy) is 3. The summed E-state index contributed by atoms with van der Waals surface area (Å²) in [4.78, 5) is 25.5. The standard InChI is InChI=1S/C33H36Cl2FNO6/c1-17-10-19-12-22(42-16-24(30(38)18-6-7-18)29(37)28-26(34)4-3-5-27(28)35)15-25(17)33(19,40)20-11-21(36)14-23(13-20)43-32(8-9-32)31(39)41-2/h3-5,11,13-14,17-19,22,25,40H,6-10,12,15-16,37H2,1-2H3/t17-,19+,22+,25+,33+/m0/s1. The molecule has 4 saturated carbocycles. The van der Waals surface area contributed by atoms with Crippen molar-refractivity contribution in [3.05, 3.63) is 69.0 Å². The lowest BCUT2D eigenvalue weighted by Crippen LogP contribution is -2.45. The van der Waals surface area contributed by atoms with E-state index in [1.807, 2.05) is 0 Å². The largest absolute Gasteiger partial charge is 0.475 e. The second-order valence-corrected chi connectivity index (χ2v) is 13.5. The van der Waals surface area contributed by atoms with E-state index in [1.54, 1.807) is 24.3 Å². The van der Waals surface area contributed by atoms with Crippen molar-refractivity contribution in [2.24, 2.45) is 29.4 Å². The van der Waals surface area contributed by atoms with E-state index >= 15 is 0 Å². The summed E-state index contributed by atoms with van der Waals surface area (Å²) in [5.41, 5.74) is 5.58. The van der Waals surface area contributed by atoms with Gasteiger partial charge in [0.15, 0.2) is 5.78 Å². The van der Waals surface area contributed by atoms with E-state index in [-0.39, 0.29) is 53.6 Å². The summed E-state index contributed by atoms with van der Waals surface area (Å²) < 4.78 is 32.1. The van der Waals surface area contributed by atoms with Crippen LogP contribution in [0.4, 0.5) is 4.39 Å². The second-order valence-electron chi connectivity index (χ2n) is 12.6. The van der Waals surface area contributed by atoms with Crippen LogP contribution >= 0.6 is 23.2 Å². The first kappa shape index (κ1) is 30.4. The molecule has 7 nitrogen and oxygen atoms in total. The predicted molar refractivity (Wildman–Crippen MR) is 160 cm³/mol. The highest BCUT2D eigenvalue weighted by Gasteiger charge is 2.58. The molecule has 0 heterocycles. The Morgan fingerprint density at radius 1 is 1.09 bits per heavy atom. The minimum Gasteiger partial charge on any atom is -0.475 e. The van der Waals surface area contributed by atoms with Gasteiger partial charge in [-0.2, -0.15) is 0 Å². The number of hydrogen-bond donors (Lipinski definition) is 2. The van der Waals surface area contributed by atoms with E-state index in [4.69, 9.17) is 43.1 Å². The number of esters is 1. The summed E-state index contributed by atoms with van der Waals surface area (Å²) in [6, 6.07) is 9.31. The van der Waals surface area contributed by atoms with Crippen LogP contribution in [0.5, 0.6) is 5.75 Å². The lowest BCUT2D eigenvalue weighted by molar-refractivity contribution is -0.151. The number of carbonyl (C=O) groups excluding carboxylic acids is 2. The number of methoxy groups -OCH3 is 1. The van der Waals surface area contributed by atoms with Crippen LogP contribution in [0, 0.1) is 29.5 Å². The molecule has 3 N–H and O–H groups in total. The quantitative estimate of drug-likeness (QED) is 0.237. The molecule has 2 aromatic rings. The lowest BCUT2D eigenvalue weighted by atomic mass is 9.68. The first-order valence-corrected chi connectivity index (χ1v) is 15.6. The molecule has 230 valence electrons. The number of aliphatic hydroxyl groups is 1. The van der Waals surface area contributed by atoms with Crippen LogP contribution in [0.3, 0.4) is 0 Å². The topological polar surface area (TPSA) is 108 Å². The molecule has 0 aromatic heterocycles. The Labute approximate surface area is 260 Å². The zero-order chi connectivity index (χ0) is 30.7. The summed E-state index contributed by atoms with van der Waals surface area (Å²) in [6.07, 6.45) is 4.14. The molecule has 4 aliphatic carbocycles. The molecule has 43 heavy (non-hydrogen) atoms. The van der Waals surface area contributed by atoms with Crippen molar-refractivity contribution in [2.75, 3.05) is 13.7 Å². The zero-order valence-corrected chi connectivity index (χ0v) is 25.7. The van der Waals surface area contributed by atoms with Gasteiger partial charge in [-0.15, -0.1) is 0 Å². The number of halogens is 3. The maximum atomic E-state index is 14.9. The molecule has 0 saturated heterocycles. The third-order valence-corrected chi connectivity index (χ3v) is 10.4. The molecule has 2 bridgehead atoms. The average molecular weight is 633 g/mol. The van der Waals surface area contributed by atoms with Crippen molar-refractivity contribution >= 4 is 40.7 Å². The van der Waals surface area contributed by atoms with Gasteiger partial charge in [-0.25, -0.2) is 9.18 Å². The van der Waals surface area contributed by atoms with Gasteiger partial charge in [-0.3, -0.25) is 4.79 Å². The molecule has 6 rings (SSSR count). The van der Waals surface area contributed by atoms with Crippen LogP contribution in [0.2, 0.25) is 10.0 Å². The molecular formula is C33H36Cl2FNO6. The number of nitrogens with two attached hydrogens (primary N) is 1. The average Bonchev–Trinajstić information content (AvgIpc) is 3.88. The minimum atomic E-state index is -1.30. The fraction of sp³-hybridized carbons (Fsp3) is 0.515. The molecule has 0 spiro atoms. The van der Waals surface area contributed by atoms with Crippen molar-refractivity contribution in [3.8, 4) is 5.75 Å². The van der Waals surface area contributed by atoms with Crippen LogP contribution in [0.25, 0.3) is 5.70 Å². The fourth-order valence-electron chi connectivity index (χ4n) is 7.21. The molecule has 0 amide bonds. The van der Waals surface area contributed by atoms with Crippen LogP contribution in [0.1, 0.15) is 63.0 Å². The highest BCUT2D eigenvalue weighted by Crippen LogP contribution is 2.58. The van der Waals surface area contributed by atoms with Gasteiger partial charge in [0.05, 0.1) is 41.2 Å². The Balaban J connectivity index is 1.23. The number of ketones is 1. The van der Waals surface area contributed by atoms with Gasteiger partial charge in [-0.05, 0) is 79.7 Å². The van der Waals surface area contributed by atoms with Crippen LogP contribution in [-0.4, -0.2) is 42.3 Å². The Morgan fingerprint density at radius 2 is 1.79 bits per heavy atom. The van der Waals surface area contributed by atoms with E-state index in [0.29, 0.717) is 52.4 Å². The predicted octanol–water partition coefficient (Wildman–Crippen LogP) is 6.20. The Kier molecular flexibility index (Phi) is 8.03. The lowest BCUT2D eigenvalue weighted by Gasteiger charge is -2.43.